The van der Waals surface area contributed by atoms with E-state index in [1.165, 1.54) is 68.9 Å². The lowest BCUT2D eigenvalue weighted by molar-refractivity contribution is -0.151. The normalized spacial score (nSPS) is 16.4. The number of nitrogens with zero attached hydrogens (tertiary/aromatic N) is 3. The molecule has 2 rings (SSSR count). The van der Waals surface area contributed by atoms with Crippen LogP contribution in [0.5, 0.6) is 0 Å². The van der Waals surface area contributed by atoms with E-state index >= 15 is 0 Å². The van der Waals surface area contributed by atoms with Gasteiger partial charge in [0.2, 0.25) is 0 Å². The number of hydrogen-bond donors (Lipinski definition) is 16. The number of ether oxygens (including phenoxy) is 15. The molecule has 0 fully saturated rings. The smallest absolute Gasteiger partial charge is 0.338 e. The molecule has 1 heterocycles. The van der Waals surface area contributed by atoms with Gasteiger partial charge >= 0.3 is 5.97 Å². The molecule has 0 aliphatic carbocycles. The van der Waals surface area contributed by atoms with Crippen molar-refractivity contribution in [2.24, 2.45) is 0 Å². The zero-order valence-corrected chi connectivity index (χ0v) is 61.4. The number of carbonyl (C=O) groups excluding carboxylic acids is 1. The van der Waals surface area contributed by atoms with E-state index in [0.29, 0.717) is 16.8 Å². The molecule has 616 valence electrons. The Balaban J connectivity index is 2.69. The third-order valence-electron chi connectivity index (χ3n) is 15.7. The van der Waals surface area contributed by atoms with Crippen molar-refractivity contribution in [2.75, 3.05) is 205 Å². The minimum absolute atomic E-state index is 0.224. The van der Waals surface area contributed by atoms with Crippen LogP contribution in [0.3, 0.4) is 0 Å². The zero-order chi connectivity index (χ0) is 76.9. The molecular formula is C70H129N3O32. The fourth-order valence-corrected chi connectivity index (χ4v) is 9.55. The molecule has 0 aliphatic rings. The molecule has 2 aromatic rings. The second kappa shape index (κ2) is 65.4. The van der Waals surface area contributed by atoms with Gasteiger partial charge in [-0.25, -0.2) is 9.48 Å². The Morgan fingerprint density at radius 3 is 0.848 bits per heavy atom. The summed E-state index contributed by atoms with van der Waals surface area (Å²) in [6.07, 6.45) is 2.43. The predicted octanol–water partition coefficient (Wildman–Crippen LogP) is -2.61. The summed E-state index contributed by atoms with van der Waals surface area (Å²) in [5.74, 6) is -0.487. The Kier molecular flexibility index (Phi) is 60.8. The molecule has 0 amide bonds. The molecule has 16 N–H and O–H groups in total. The van der Waals surface area contributed by atoms with Crippen molar-refractivity contribution in [1.82, 2.24) is 15.0 Å². The highest BCUT2D eigenvalue weighted by atomic mass is 16.6. The first-order chi connectivity index (χ1) is 50.9. The Bertz CT molecular complexity index is 2030. The molecule has 0 spiro atoms. The molecule has 35 heteroatoms. The lowest BCUT2D eigenvalue weighted by Crippen LogP contribution is -2.39. The number of unbranched alkanes of at least 4 members (excludes halogenated alkanes) is 13. The van der Waals surface area contributed by atoms with Crippen molar-refractivity contribution < 1.29 is 158 Å². The molecule has 0 saturated carbocycles. The molecule has 0 aliphatic heterocycles. The van der Waals surface area contributed by atoms with Gasteiger partial charge in [-0.3, -0.25) is 0 Å². The van der Waals surface area contributed by atoms with Crippen LogP contribution in [0.2, 0.25) is 0 Å². The number of benzene rings is 1. The van der Waals surface area contributed by atoms with Crippen molar-refractivity contribution in [3.8, 4) is 11.3 Å². The van der Waals surface area contributed by atoms with E-state index in [-0.39, 0.29) is 152 Å². The average molecular weight is 1520 g/mol. The summed E-state index contributed by atoms with van der Waals surface area (Å²) in [4.78, 5) is 13.3. The summed E-state index contributed by atoms with van der Waals surface area (Å²) in [6.45, 7) is -8.42. The fraction of sp³-hybridized carbons (Fsp3) is 0.871. The Morgan fingerprint density at radius 1 is 0.333 bits per heavy atom. The standard InChI is InChI=1S/C70H129N3O32/c1-2-3-4-5-6-7-8-9-10-11-12-13-14-15-20-99-70(90)53-18-16-52(17-19-53)69-21-73(72-71-69)54(30-100-67(48-102-63(40-91-32-55(82)22-74)41-92-33-56(83)23-75)49-103-64(42-93-34-57(84)24-76)43-94-35-58(85)25-77)31-101-68(50-104-65(44-95-36-59(86)26-78)45-96-37-60(87)27-79)51-105-66(46-97-38-61(88)28-80)47-98-39-62(89)29-81/h16-19,21,54-68,74-89H,2-15,20,22-51H2,1H3. The summed E-state index contributed by atoms with van der Waals surface area (Å²) in [7, 11) is 0. The predicted molar refractivity (Wildman–Crippen MR) is 375 cm³/mol. The topological polar surface area (TPSA) is 510 Å². The summed E-state index contributed by atoms with van der Waals surface area (Å²) in [5.41, 5.74) is 1.21. The van der Waals surface area contributed by atoms with Crippen LogP contribution >= 0.6 is 0 Å². The molecule has 0 saturated heterocycles. The molecule has 105 heavy (non-hydrogen) atoms. The van der Waals surface area contributed by atoms with Gasteiger partial charge in [-0.2, -0.15) is 0 Å². The van der Waals surface area contributed by atoms with Crippen molar-refractivity contribution in [3.63, 3.8) is 0 Å². The van der Waals surface area contributed by atoms with Crippen LogP contribution in [0.4, 0.5) is 0 Å². The lowest BCUT2D eigenvalue weighted by Gasteiger charge is -2.28. The second-order valence-electron chi connectivity index (χ2n) is 25.8. The lowest BCUT2D eigenvalue weighted by atomic mass is 10.0. The van der Waals surface area contributed by atoms with Gasteiger partial charge in [-0.1, -0.05) is 108 Å². The number of carbonyl (C=O) groups is 1. The van der Waals surface area contributed by atoms with Gasteiger partial charge in [0.1, 0.15) is 97.2 Å². The zero-order valence-electron chi connectivity index (χ0n) is 61.4. The highest BCUT2D eigenvalue weighted by Gasteiger charge is 2.27. The van der Waals surface area contributed by atoms with Crippen molar-refractivity contribution in [1.29, 1.82) is 0 Å². The van der Waals surface area contributed by atoms with Gasteiger partial charge in [-0.05, 0) is 18.6 Å². The summed E-state index contributed by atoms with van der Waals surface area (Å²) >= 11 is 0. The minimum Gasteiger partial charge on any atom is -0.462 e. The molecule has 0 bridgehead atoms. The number of aliphatic hydroxyl groups is 16. The fourth-order valence-electron chi connectivity index (χ4n) is 9.55. The third-order valence-corrected chi connectivity index (χ3v) is 15.7. The number of esters is 1. The summed E-state index contributed by atoms with van der Waals surface area (Å²) < 4.78 is 90.8. The Morgan fingerprint density at radius 2 is 0.581 bits per heavy atom. The first kappa shape index (κ1) is 97.7. The molecule has 1 aromatic heterocycles. The maximum Gasteiger partial charge on any atom is 0.338 e. The van der Waals surface area contributed by atoms with Crippen LogP contribution in [0.25, 0.3) is 11.3 Å². The highest BCUT2D eigenvalue weighted by molar-refractivity contribution is 5.90. The van der Waals surface area contributed by atoms with Crippen LogP contribution < -0.4 is 0 Å². The first-order valence-electron chi connectivity index (χ1n) is 36.8. The van der Waals surface area contributed by atoms with Crippen LogP contribution in [-0.2, 0) is 71.1 Å². The van der Waals surface area contributed by atoms with Crippen LogP contribution in [0.15, 0.2) is 30.5 Å². The second-order valence-corrected chi connectivity index (χ2v) is 25.8. The molecule has 8 atom stereocenters. The molecule has 35 nitrogen and oxygen atoms in total. The van der Waals surface area contributed by atoms with Crippen LogP contribution in [-0.4, -0.2) is 393 Å². The maximum atomic E-state index is 13.3. The number of aliphatic hydroxyl groups excluding tert-OH is 16. The van der Waals surface area contributed by atoms with Gasteiger partial charge < -0.3 is 153 Å². The average Bonchev–Trinajstić information content (AvgIpc) is 1.71. The van der Waals surface area contributed by atoms with Crippen molar-refractivity contribution in [3.05, 3.63) is 36.0 Å². The van der Waals surface area contributed by atoms with Gasteiger partial charge in [-0.15, -0.1) is 5.10 Å². The Hall–Kier alpha value is -3.37. The molecule has 8 unspecified atom stereocenters. The number of hydrogen-bond acceptors (Lipinski definition) is 34. The number of aromatic nitrogens is 3. The van der Waals surface area contributed by atoms with E-state index in [1.807, 2.05) is 0 Å². The van der Waals surface area contributed by atoms with Gasteiger partial charge in [0.05, 0.1) is 217 Å². The van der Waals surface area contributed by atoms with Gasteiger partial charge in [0.25, 0.3) is 0 Å². The van der Waals surface area contributed by atoms with Crippen molar-refractivity contribution in [2.45, 2.75) is 188 Å². The van der Waals surface area contributed by atoms with Gasteiger partial charge in [0, 0.05) is 5.56 Å². The van der Waals surface area contributed by atoms with Crippen LogP contribution in [0, 0.1) is 0 Å². The van der Waals surface area contributed by atoms with E-state index in [9.17, 15) is 86.5 Å². The van der Waals surface area contributed by atoms with E-state index in [0.717, 1.165) is 25.7 Å². The third kappa shape index (κ3) is 50.9. The SMILES string of the molecule is CCCCCCCCCCCCCCCCOC(=O)c1ccc(-c2cn(C(COC(COC(COCC(O)CO)COCC(O)CO)COC(COCC(O)CO)COCC(O)CO)COC(COC(COCC(O)CO)COCC(O)CO)COC(COCC(O)CO)COCC(O)CO)nn2)cc1. The van der Waals surface area contributed by atoms with Crippen LogP contribution in [0.1, 0.15) is 113 Å². The monoisotopic (exact) mass is 1520 g/mol. The van der Waals surface area contributed by atoms with E-state index in [4.69, 9.17) is 71.1 Å². The van der Waals surface area contributed by atoms with Crippen molar-refractivity contribution >= 4 is 5.97 Å². The number of rotatable bonds is 76. The minimum atomic E-state index is -1.24. The van der Waals surface area contributed by atoms with E-state index in [1.54, 1.807) is 30.5 Å². The summed E-state index contributed by atoms with van der Waals surface area (Å²) in [6, 6.07) is 5.63. The summed E-state index contributed by atoms with van der Waals surface area (Å²) in [5, 5.41) is 165. The maximum absolute atomic E-state index is 13.3. The van der Waals surface area contributed by atoms with Gasteiger partial charge in [0.15, 0.2) is 0 Å². The molecule has 0 radical (unpaired) electrons. The quantitative estimate of drug-likeness (QED) is 0.0238. The molecule has 1 aromatic carbocycles. The first-order valence-corrected chi connectivity index (χ1v) is 36.8. The van der Waals surface area contributed by atoms with E-state index < -0.39 is 150 Å². The van der Waals surface area contributed by atoms with E-state index in [2.05, 4.69) is 17.2 Å². The molecular weight excluding hydrogens is 1390 g/mol. The Labute approximate surface area is 616 Å². The highest BCUT2D eigenvalue weighted by Crippen LogP contribution is 2.22. The largest absolute Gasteiger partial charge is 0.462 e.